The molecule has 0 radical (unpaired) electrons. The Morgan fingerprint density at radius 2 is 1.50 bits per heavy atom. The van der Waals surface area contributed by atoms with Crippen LogP contribution in [0.2, 0.25) is 0 Å². The molecule has 0 spiro atoms. The van der Waals surface area contributed by atoms with E-state index in [2.05, 4.69) is 80.5 Å². The van der Waals surface area contributed by atoms with Gasteiger partial charge in [0.25, 0.3) is 0 Å². The minimum atomic E-state index is 0.213. The monoisotopic (exact) mass is 356 g/mol. The molecule has 3 atom stereocenters. The third-order valence-electron chi connectivity index (χ3n) is 6.87. The van der Waals surface area contributed by atoms with Crippen LogP contribution in [0.1, 0.15) is 118 Å². The first-order valence-electron chi connectivity index (χ1n) is 11.1. The smallest absolute Gasteiger partial charge is 0.00154 e. The van der Waals surface area contributed by atoms with Crippen molar-refractivity contribution in [3.63, 3.8) is 0 Å². The Hall–Kier alpha value is -0.780. The van der Waals surface area contributed by atoms with Gasteiger partial charge >= 0.3 is 0 Å². The molecule has 0 heterocycles. The standard InChI is InChI=1S/C26H44/c1-10-14-26(18-20(26)13-12-19(3)11-2)23-16-21(24(4,5)6)15-22(17-23)25(7,8)9/h15-17,19-20H,10-14,18H2,1-9H3. The van der Waals surface area contributed by atoms with Gasteiger partial charge in [0.15, 0.2) is 0 Å². The summed E-state index contributed by atoms with van der Waals surface area (Å²) >= 11 is 0. The van der Waals surface area contributed by atoms with Crippen molar-refractivity contribution >= 4 is 0 Å². The Kier molecular flexibility index (Phi) is 6.36. The van der Waals surface area contributed by atoms with E-state index in [9.17, 15) is 0 Å². The van der Waals surface area contributed by atoms with E-state index >= 15 is 0 Å². The first kappa shape index (κ1) is 21.5. The molecule has 1 aliphatic rings. The molecule has 2 rings (SSSR count). The van der Waals surface area contributed by atoms with Crippen LogP contribution in [0.5, 0.6) is 0 Å². The van der Waals surface area contributed by atoms with E-state index in [-0.39, 0.29) is 10.8 Å². The molecule has 0 saturated heterocycles. The van der Waals surface area contributed by atoms with Gasteiger partial charge in [-0.25, -0.2) is 0 Å². The maximum absolute atomic E-state index is 2.56. The van der Waals surface area contributed by atoms with Crippen LogP contribution in [0.25, 0.3) is 0 Å². The van der Waals surface area contributed by atoms with Crippen LogP contribution < -0.4 is 0 Å². The molecule has 0 amide bonds. The first-order chi connectivity index (χ1) is 11.9. The molecule has 148 valence electrons. The second kappa shape index (κ2) is 7.69. The maximum atomic E-state index is 2.56. The second-order valence-corrected chi connectivity index (χ2v) is 11.2. The highest BCUT2D eigenvalue weighted by atomic mass is 14.6. The molecule has 0 heteroatoms. The molecule has 0 bridgehead atoms. The van der Waals surface area contributed by atoms with E-state index in [0.29, 0.717) is 5.41 Å². The van der Waals surface area contributed by atoms with E-state index in [1.54, 1.807) is 5.56 Å². The summed E-state index contributed by atoms with van der Waals surface area (Å²) in [7, 11) is 0. The number of rotatable bonds is 7. The fourth-order valence-electron chi connectivity index (χ4n) is 4.48. The van der Waals surface area contributed by atoms with Crippen molar-refractivity contribution in [2.45, 2.75) is 117 Å². The first-order valence-corrected chi connectivity index (χ1v) is 11.1. The van der Waals surface area contributed by atoms with Crippen LogP contribution in [0.3, 0.4) is 0 Å². The lowest BCUT2D eigenvalue weighted by molar-refractivity contribution is 0.441. The van der Waals surface area contributed by atoms with Crippen molar-refractivity contribution in [2.75, 3.05) is 0 Å². The van der Waals surface area contributed by atoms with Gasteiger partial charge in [0.05, 0.1) is 0 Å². The Morgan fingerprint density at radius 1 is 0.962 bits per heavy atom. The highest BCUT2D eigenvalue weighted by molar-refractivity contribution is 5.44. The van der Waals surface area contributed by atoms with Crippen molar-refractivity contribution in [1.82, 2.24) is 0 Å². The van der Waals surface area contributed by atoms with Gasteiger partial charge in [0.1, 0.15) is 0 Å². The third kappa shape index (κ3) is 4.73. The normalized spacial score (nSPS) is 24.6. The van der Waals surface area contributed by atoms with Gasteiger partial charge in [-0.15, -0.1) is 0 Å². The molecule has 0 aliphatic heterocycles. The van der Waals surface area contributed by atoms with E-state index in [1.165, 1.54) is 49.7 Å². The predicted octanol–water partition coefficient (Wildman–Crippen LogP) is 8.17. The zero-order chi connectivity index (χ0) is 19.8. The van der Waals surface area contributed by atoms with E-state index in [4.69, 9.17) is 0 Å². The summed E-state index contributed by atoms with van der Waals surface area (Å²) in [5.74, 6) is 1.78. The van der Waals surface area contributed by atoms with Crippen LogP contribution in [-0.2, 0) is 16.2 Å². The highest BCUT2D eigenvalue weighted by Crippen LogP contribution is 2.60. The Balaban J connectivity index is 2.40. The largest absolute Gasteiger partial charge is 0.0654 e. The molecule has 0 aromatic heterocycles. The lowest BCUT2D eigenvalue weighted by Crippen LogP contribution is -2.20. The molecule has 1 aromatic rings. The van der Waals surface area contributed by atoms with Gasteiger partial charge in [0.2, 0.25) is 0 Å². The van der Waals surface area contributed by atoms with Gasteiger partial charge in [-0.1, -0.05) is 99.8 Å². The van der Waals surface area contributed by atoms with Crippen LogP contribution in [0.15, 0.2) is 18.2 Å². The number of hydrogen-bond acceptors (Lipinski definition) is 0. The molecule has 1 saturated carbocycles. The number of hydrogen-bond donors (Lipinski definition) is 0. The number of benzene rings is 1. The van der Waals surface area contributed by atoms with Crippen molar-refractivity contribution in [1.29, 1.82) is 0 Å². The summed E-state index contributed by atoms with van der Waals surface area (Å²) in [5.41, 5.74) is 5.57. The average molecular weight is 357 g/mol. The molecular formula is C26H44. The third-order valence-corrected chi connectivity index (χ3v) is 6.87. The minimum Gasteiger partial charge on any atom is -0.0654 e. The molecule has 0 N–H and O–H groups in total. The summed E-state index contributed by atoms with van der Waals surface area (Å²) in [5, 5.41) is 0. The second-order valence-electron chi connectivity index (χ2n) is 11.2. The molecule has 0 nitrogen and oxygen atoms in total. The Morgan fingerprint density at radius 3 is 1.92 bits per heavy atom. The van der Waals surface area contributed by atoms with Gasteiger partial charge in [0, 0.05) is 0 Å². The Labute approximate surface area is 164 Å². The summed E-state index contributed by atoms with van der Waals surface area (Å²) in [6.07, 6.45) is 8.20. The van der Waals surface area contributed by atoms with Gasteiger partial charge < -0.3 is 0 Å². The summed E-state index contributed by atoms with van der Waals surface area (Å²) in [4.78, 5) is 0. The van der Waals surface area contributed by atoms with E-state index in [0.717, 1.165) is 11.8 Å². The van der Waals surface area contributed by atoms with Crippen LogP contribution in [0.4, 0.5) is 0 Å². The minimum absolute atomic E-state index is 0.213. The van der Waals surface area contributed by atoms with Crippen LogP contribution in [-0.4, -0.2) is 0 Å². The molecule has 1 aliphatic carbocycles. The average Bonchev–Trinajstić information content (AvgIpc) is 3.25. The lowest BCUT2D eigenvalue weighted by atomic mass is 9.76. The molecule has 26 heavy (non-hydrogen) atoms. The SMILES string of the molecule is CCCC1(c2cc(C(C)(C)C)cc(C(C)(C)C)c2)CC1CCC(C)CC. The summed E-state index contributed by atoms with van der Waals surface area (Å²) < 4.78 is 0. The van der Waals surface area contributed by atoms with Crippen molar-refractivity contribution in [3.8, 4) is 0 Å². The maximum Gasteiger partial charge on any atom is -0.00154 e. The zero-order valence-corrected chi connectivity index (χ0v) is 19.1. The van der Waals surface area contributed by atoms with Crippen molar-refractivity contribution < 1.29 is 0 Å². The summed E-state index contributed by atoms with van der Waals surface area (Å²) in [6, 6.07) is 7.60. The van der Waals surface area contributed by atoms with Crippen molar-refractivity contribution in [3.05, 3.63) is 34.9 Å². The van der Waals surface area contributed by atoms with E-state index in [1.807, 2.05) is 0 Å². The van der Waals surface area contributed by atoms with E-state index < -0.39 is 0 Å². The lowest BCUT2D eigenvalue weighted by Gasteiger charge is -2.29. The van der Waals surface area contributed by atoms with Crippen molar-refractivity contribution in [2.24, 2.45) is 11.8 Å². The quantitative estimate of drug-likeness (QED) is 0.462. The highest BCUT2D eigenvalue weighted by Gasteiger charge is 2.53. The summed E-state index contributed by atoms with van der Waals surface area (Å²) in [6.45, 7) is 21.3. The fourth-order valence-corrected chi connectivity index (χ4v) is 4.48. The fraction of sp³-hybridized carbons (Fsp3) is 0.769. The van der Waals surface area contributed by atoms with Gasteiger partial charge in [-0.3, -0.25) is 0 Å². The molecular weight excluding hydrogens is 312 g/mol. The topological polar surface area (TPSA) is 0 Å². The molecule has 1 aromatic carbocycles. The van der Waals surface area contributed by atoms with Crippen LogP contribution in [0, 0.1) is 11.8 Å². The van der Waals surface area contributed by atoms with Gasteiger partial charge in [-0.05, 0) is 64.0 Å². The van der Waals surface area contributed by atoms with Crippen LogP contribution >= 0.6 is 0 Å². The zero-order valence-electron chi connectivity index (χ0n) is 19.1. The molecule has 1 fully saturated rings. The molecule has 3 unspecified atom stereocenters. The predicted molar refractivity (Wildman–Crippen MR) is 117 cm³/mol. The Bertz CT molecular complexity index is 563. The van der Waals surface area contributed by atoms with Gasteiger partial charge in [-0.2, -0.15) is 0 Å².